The summed E-state index contributed by atoms with van der Waals surface area (Å²) in [5, 5.41) is 15.6. The lowest BCUT2D eigenvalue weighted by Crippen LogP contribution is -2.27. The standard InChI is InChI=1S/C19H11F4N3O2S/c20-17(21)19(22,23)15-8-13(12-6-5-10-3-1-2-4-11(10)7-12)25-26(15)18-24-14(9-29-18)16(27)28/h1-9,17H,(H,27,28). The lowest BCUT2D eigenvalue weighted by molar-refractivity contribution is -0.139. The second kappa shape index (κ2) is 6.96. The van der Waals surface area contributed by atoms with Crippen LogP contribution in [-0.4, -0.2) is 32.3 Å². The number of carboxylic acids is 1. The first kappa shape index (κ1) is 19.1. The molecule has 0 saturated heterocycles. The highest BCUT2D eigenvalue weighted by Gasteiger charge is 2.46. The first-order valence-electron chi connectivity index (χ1n) is 8.22. The van der Waals surface area contributed by atoms with Crippen molar-refractivity contribution in [2.45, 2.75) is 12.3 Å². The van der Waals surface area contributed by atoms with Gasteiger partial charge in [0.25, 0.3) is 0 Å². The minimum atomic E-state index is -4.50. The minimum Gasteiger partial charge on any atom is -0.476 e. The van der Waals surface area contributed by atoms with Crippen molar-refractivity contribution in [3.8, 4) is 16.4 Å². The van der Waals surface area contributed by atoms with Crippen LogP contribution in [0.2, 0.25) is 0 Å². The molecule has 0 saturated carbocycles. The maximum absolute atomic E-state index is 14.2. The molecule has 148 valence electrons. The van der Waals surface area contributed by atoms with Crippen molar-refractivity contribution in [3.63, 3.8) is 0 Å². The Labute approximate surface area is 164 Å². The monoisotopic (exact) mass is 421 g/mol. The summed E-state index contributed by atoms with van der Waals surface area (Å²) in [7, 11) is 0. The van der Waals surface area contributed by atoms with Gasteiger partial charge in [0.1, 0.15) is 5.69 Å². The van der Waals surface area contributed by atoms with Gasteiger partial charge in [0, 0.05) is 10.9 Å². The highest BCUT2D eigenvalue weighted by atomic mass is 32.1. The van der Waals surface area contributed by atoms with Crippen LogP contribution in [0.25, 0.3) is 27.2 Å². The minimum absolute atomic E-state index is 0.0400. The Bertz CT molecular complexity index is 1220. The number of aromatic nitrogens is 3. The third-order valence-electron chi connectivity index (χ3n) is 4.26. The summed E-state index contributed by atoms with van der Waals surface area (Å²) in [5.74, 6) is -5.87. The number of aromatic carboxylic acids is 1. The molecule has 0 bridgehead atoms. The molecule has 29 heavy (non-hydrogen) atoms. The third-order valence-corrected chi connectivity index (χ3v) is 5.08. The van der Waals surface area contributed by atoms with Crippen LogP contribution < -0.4 is 0 Å². The normalized spacial score (nSPS) is 12.0. The Morgan fingerprint density at radius 2 is 1.83 bits per heavy atom. The molecule has 0 unspecified atom stereocenters. The van der Waals surface area contributed by atoms with Crippen LogP contribution in [0.4, 0.5) is 17.6 Å². The molecule has 1 N–H and O–H groups in total. The molecule has 4 aromatic rings. The molecule has 0 fully saturated rings. The van der Waals surface area contributed by atoms with Crippen LogP contribution in [0.1, 0.15) is 16.2 Å². The molecule has 0 aliphatic heterocycles. The van der Waals surface area contributed by atoms with Crippen LogP contribution in [0.3, 0.4) is 0 Å². The van der Waals surface area contributed by atoms with Crippen molar-refractivity contribution in [1.29, 1.82) is 0 Å². The number of benzene rings is 2. The molecule has 2 heterocycles. The van der Waals surface area contributed by atoms with Crippen molar-refractivity contribution in [1.82, 2.24) is 14.8 Å². The van der Waals surface area contributed by atoms with Gasteiger partial charge in [0.15, 0.2) is 5.69 Å². The van der Waals surface area contributed by atoms with Crippen LogP contribution >= 0.6 is 11.3 Å². The third kappa shape index (κ3) is 3.35. The van der Waals surface area contributed by atoms with Crippen LogP contribution in [0.5, 0.6) is 0 Å². The Hall–Kier alpha value is -3.27. The second-order valence-corrected chi connectivity index (χ2v) is 6.97. The van der Waals surface area contributed by atoms with E-state index in [9.17, 15) is 22.4 Å². The van der Waals surface area contributed by atoms with Gasteiger partial charge in [-0.1, -0.05) is 36.4 Å². The molecular weight excluding hydrogens is 410 g/mol. The maximum atomic E-state index is 14.2. The molecule has 0 amide bonds. The molecule has 0 spiro atoms. The predicted octanol–water partition coefficient (Wildman–Crippen LogP) is 5.20. The van der Waals surface area contributed by atoms with E-state index in [2.05, 4.69) is 10.1 Å². The quantitative estimate of drug-likeness (QED) is 0.450. The summed E-state index contributed by atoms with van der Waals surface area (Å²) in [5.41, 5.74) is -0.969. The largest absolute Gasteiger partial charge is 0.476 e. The highest BCUT2D eigenvalue weighted by Crippen LogP contribution is 2.38. The predicted molar refractivity (Wildman–Crippen MR) is 99.0 cm³/mol. The molecule has 10 heteroatoms. The van der Waals surface area contributed by atoms with Gasteiger partial charge in [-0.2, -0.15) is 13.9 Å². The zero-order valence-corrected chi connectivity index (χ0v) is 15.2. The van der Waals surface area contributed by atoms with Crippen molar-refractivity contribution in [3.05, 3.63) is 65.3 Å². The van der Waals surface area contributed by atoms with E-state index in [1.54, 1.807) is 18.2 Å². The average molecular weight is 421 g/mol. The number of alkyl halides is 4. The summed E-state index contributed by atoms with van der Waals surface area (Å²) >= 11 is 0.714. The Balaban J connectivity index is 1.89. The lowest BCUT2D eigenvalue weighted by atomic mass is 10.0. The summed E-state index contributed by atoms with van der Waals surface area (Å²) in [4.78, 5) is 14.7. The number of fused-ring (bicyclic) bond motifs is 1. The molecule has 0 aliphatic rings. The zero-order valence-electron chi connectivity index (χ0n) is 14.4. The van der Waals surface area contributed by atoms with E-state index in [-0.39, 0.29) is 16.5 Å². The fourth-order valence-electron chi connectivity index (χ4n) is 2.83. The first-order valence-corrected chi connectivity index (χ1v) is 9.10. The van der Waals surface area contributed by atoms with Crippen molar-refractivity contribution >= 4 is 28.1 Å². The van der Waals surface area contributed by atoms with Crippen LogP contribution in [-0.2, 0) is 5.92 Å². The van der Waals surface area contributed by atoms with E-state index in [1.807, 2.05) is 24.3 Å². The Kier molecular flexibility index (Phi) is 4.58. The molecule has 0 aliphatic carbocycles. The molecule has 0 atom stereocenters. The van der Waals surface area contributed by atoms with E-state index >= 15 is 0 Å². The lowest BCUT2D eigenvalue weighted by Gasteiger charge is -2.15. The van der Waals surface area contributed by atoms with E-state index in [4.69, 9.17) is 5.11 Å². The average Bonchev–Trinajstić information content (AvgIpc) is 3.35. The number of carboxylic acid groups (broad SMARTS) is 1. The number of halogens is 4. The van der Waals surface area contributed by atoms with Gasteiger partial charge in [0.2, 0.25) is 5.13 Å². The topological polar surface area (TPSA) is 68.0 Å². The number of thiazole rings is 1. The van der Waals surface area contributed by atoms with Crippen LogP contribution in [0.15, 0.2) is 53.9 Å². The smallest absolute Gasteiger partial charge is 0.355 e. The van der Waals surface area contributed by atoms with Gasteiger partial charge in [0.05, 0.1) is 5.69 Å². The van der Waals surface area contributed by atoms with E-state index in [0.29, 0.717) is 21.6 Å². The zero-order chi connectivity index (χ0) is 20.8. The highest BCUT2D eigenvalue weighted by molar-refractivity contribution is 7.12. The van der Waals surface area contributed by atoms with E-state index in [1.165, 1.54) is 0 Å². The summed E-state index contributed by atoms with van der Waals surface area (Å²) in [6, 6.07) is 13.3. The summed E-state index contributed by atoms with van der Waals surface area (Å²) in [6.45, 7) is 0. The summed E-state index contributed by atoms with van der Waals surface area (Å²) in [6.07, 6.45) is -3.97. The fourth-order valence-corrected chi connectivity index (χ4v) is 3.59. The van der Waals surface area contributed by atoms with Crippen molar-refractivity contribution in [2.24, 2.45) is 0 Å². The SMILES string of the molecule is O=C(O)c1csc(-n2nc(-c3ccc4ccccc4c3)cc2C(F)(F)C(F)F)n1. The van der Waals surface area contributed by atoms with E-state index in [0.717, 1.165) is 22.2 Å². The number of hydrogen-bond acceptors (Lipinski definition) is 4. The number of nitrogens with zero attached hydrogens (tertiary/aromatic N) is 3. The van der Waals surface area contributed by atoms with Gasteiger partial charge in [-0.15, -0.1) is 11.3 Å². The van der Waals surface area contributed by atoms with E-state index < -0.39 is 24.0 Å². The molecule has 0 radical (unpaired) electrons. The van der Waals surface area contributed by atoms with Crippen LogP contribution in [0, 0.1) is 0 Å². The van der Waals surface area contributed by atoms with Crippen molar-refractivity contribution in [2.75, 3.05) is 0 Å². The number of carbonyl (C=O) groups is 1. The second-order valence-electron chi connectivity index (χ2n) is 6.13. The molecule has 5 nitrogen and oxygen atoms in total. The molecule has 2 aromatic heterocycles. The molecule has 4 rings (SSSR count). The maximum Gasteiger partial charge on any atom is 0.355 e. The molecular formula is C19H11F4N3O2S. The Morgan fingerprint density at radius 1 is 1.10 bits per heavy atom. The van der Waals surface area contributed by atoms with Gasteiger partial charge in [-0.05, 0) is 22.9 Å². The number of rotatable bonds is 5. The number of hydrogen-bond donors (Lipinski definition) is 1. The van der Waals surface area contributed by atoms with Gasteiger partial charge >= 0.3 is 18.3 Å². The molecule has 2 aromatic carbocycles. The first-order chi connectivity index (χ1) is 13.8. The van der Waals surface area contributed by atoms with Gasteiger partial charge in [-0.3, -0.25) is 0 Å². The Morgan fingerprint density at radius 3 is 2.48 bits per heavy atom. The van der Waals surface area contributed by atoms with Gasteiger partial charge < -0.3 is 5.11 Å². The van der Waals surface area contributed by atoms with Gasteiger partial charge in [-0.25, -0.2) is 23.2 Å². The fraction of sp³-hybridized carbons (Fsp3) is 0.105. The summed E-state index contributed by atoms with van der Waals surface area (Å²) < 4.78 is 55.1. The van der Waals surface area contributed by atoms with Crippen molar-refractivity contribution < 1.29 is 27.5 Å².